The van der Waals surface area contributed by atoms with Gasteiger partial charge in [0.1, 0.15) is 0 Å². The molecule has 0 bridgehead atoms. The van der Waals surface area contributed by atoms with E-state index in [0.717, 1.165) is 29.5 Å². The van der Waals surface area contributed by atoms with Gasteiger partial charge in [-0.3, -0.25) is 9.36 Å². The molecule has 4 rings (SSSR count). The molecule has 2 heterocycles. The van der Waals surface area contributed by atoms with E-state index in [1.165, 1.54) is 24.6 Å². The number of hydrogen-bond donors (Lipinski definition) is 0. The van der Waals surface area contributed by atoms with Gasteiger partial charge in [0.2, 0.25) is 11.7 Å². The van der Waals surface area contributed by atoms with E-state index in [9.17, 15) is 4.79 Å². The minimum absolute atomic E-state index is 0.147. The molecular weight excluding hydrogens is 396 g/mol. The molecule has 3 aromatic rings. The zero-order valence-electron chi connectivity index (χ0n) is 17.5. The number of furan rings is 1. The standard InChI is InChI=1S/C23H28N4O2S/c1-17-10-12-19(13-11-17)26(2)21(28)16-30-23-25-24-22(20-9-6-14-29-20)27(23)15-18-7-4-3-5-8-18/h3-9,14,17,19H,10-13,15-16H2,1-2H3. The minimum Gasteiger partial charge on any atom is -0.461 e. The topological polar surface area (TPSA) is 64.2 Å². The highest BCUT2D eigenvalue weighted by Crippen LogP contribution is 2.28. The van der Waals surface area contributed by atoms with Gasteiger partial charge in [0.25, 0.3) is 0 Å². The number of aromatic nitrogens is 3. The summed E-state index contributed by atoms with van der Waals surface area (Å²) in [6, 6.07) is 14.3. The molecule has 6 nitrogen and oxygen atoms in total. The Bertz CT molecular complexity index is 947. The van der Waals surface area contributed by atoms with Crippen LogP contribution in [-0.2, 0) is 11.3 Å². The van der Waals surface area contributed by atoms with Crippen molar-refractivity contribution in [3.05, 3.63) is 54.3 Å². The van der Waals surface area contributed by atoms with E-state index in [0.29, 0.717) is 29.9 Å². The van der Waals surface area contributed by atoms with Gasteiger partial charge >= 0.3 is 0 Å². The number of thioether (sulfide) groups is 1. The lowest BCUT2D eigenvalue weighted by Gasteiger charge is -2.33. The van der Waals surface area contributed by atoms with E-state index < -0.39 is 0 Å². The zero-order valence-corrected chi connectivity index (χ0v) is 18.3. The second kappa shape index (κ2) is 9.51. The van der Waals surface area contributed by atoms with Crippen LogP contribution in [-0.4, -0.2) is 44.4 Å². The summed E-state index contributed by atoms with van der Waals surface area (Å²) in [6.45, 7) is 2.92. The van der Waals surface area contributed by atoms with E-state index in [-0.39, 0.29) is 5.91 Å². The summed E-state index contributed by atoms with van der Waals surface area (Å²) in [7, 11) is 1.94. The second-order valence-electron chi connectivity index (χ2n) is 8.06. The molecule has 7 heteroatoms. The average Bonchev–Trinajstić information content (AvgIpc) is 3.43. The maximum absolute atomic E-state index is 12.8. The van der Waals surface area contributed by atoms with Crippen LogP contribution in [0.4, 0.5) is 0 Å². The highest BCUT2D eigenvalue weighted by atomic mass is 32.2. The Kier molecular flexibility index (Phi) is 6.57. The number of rotatable bonds is 7. The number of carbonyl (C=O) groups is 1. The number of nitrogens with zero attached hydrogens (tertiary/aromatic N) is 4. The SMILES string of the molecule is CC1CCC(N(C)C(=O)CSc2nnc(-c3ccco3)n2Cc2ccccc2)CC1. The monoisotopic (exact) mass is 424 g/mol. The van der Waals surface area contributed by atoms with Crippen LogP contribution >= 0.6 is 11.8 Å². The molecule has 158 valence electrons. The van der Waals surface area contributed by atoms with Gasteiger partial charge < -0.3 is 9.32 Å². The third-order valence-corrected chi connectivity index (χ3v) is 6.84. The summed E-state index contributed by atoms with van der Waals surface area (Å²) in [6.07, 6.45) is 6.23. The lowest BCUT2D eigenvalue weighted by Crippen LogP contribution is -2.40. The second-order valence-corrected chi connectivity index (χ2v) is 9.00. The fraction of sp³-hybridized carbons (Fsp3) is 0.435. The molecule has 1 fully saturated rings. The molecule has 1 aliphatic carbocycles. The number of carbonyl (C=O) groups excluding carboxylic acids is 1. The van der Waals surface area contributed by atoms with Crippen molar-refractivity contribution in [2.45, 2.75) is 50.4 Å². The van der Waals surface area contributed by atoms with Crippen molar-refractivity contribution >= 4 is 17.7 Å². The van der Waals surface area contributed by atoms with Gasteiger partial charge in [0.15, 0.2) is 10.9 Å². The van der Waals surface area contributed by atoms with Crippen LogP contribution in [0.2, 0.25) is 0 Å². The first-order chi connectivity index (χ1) is 14.6. The first-order valence-corrected chi connectivity index (χ1v) is 11.5. The molecule has 1 saturated carbocycles. The van der Waals surface area contributed by atoms with Gasteiger partial charge in [-0.1, -0.05) is 49.0 Å². The van der Waals surface area contributed by atoms with Gasteiger partial charge in [-0.15, -0.1) is 10.2 Å². The van der Waals surface area contributed by atoms with E-state index in [2.05, 4.69) is 29.3 Å². The van der Waals surface area contributed by atoms with Crippen molar-refractivity contribution in [2.24, 2.45) is 5.92 Å². The smallest absolute Gasteiger partial charge is 0.233 e. The summed E-state index contributed by atoms with van der Waals surface area (Å²) in [5.41, 5.74) is 1.15. The third kappa shape index (κ3) is 4.78. The molecule has 1 aliphatic rings. The lowest BCUT2D eigenvalue weighted by atomic mass is 9.87. The van der Waals surface area contributed by atoms with Crippen LogP contribution in [0, 0.1) is 5.92 Å². The molecule has 0 unspecified atom stereocenters. The summed E-state index contributed by atoms with van der Waals surface area (Å²) in [5, 5.41) is 9.44. The fourth-order valence-electron chi connectivity index (χ4n) is 3.95. The average molecular weight is 425 g/mol. The van der Waals surface area contributed by atoms with E-state index in [1.54, 1.807) is 6.26 Å². The summed E-state index contributed by atoms with van der Waals surface area (Å²) < 4.78 is 7.58. The van der Waals surface area contributed by atoms with E-state index in [1.807, 2.05) is 46.8 Å². The molecule has 0 aliphatic heterocycles. The van der Waals surface area contributed by atoms with Crippen molar-refractivity contribution in [3.8, 4) is 11.6 Å². The van der Waals surface area contributed by atoms with Crippen LogP contribution in [0.3, 0.4) is 0 Å². The van der Waals surface area contributed by atoms with E-state index in [4.69, 9.17) is 4.42 Å². The molecule has 0 radical (unpaired) electrons. The van der Waals surface area contributed by atoms with Gasteiger partial charge in [0, 0.05) is 13.1 Å². The van der Waals surface area contributed by atoms with Crippen LogP contribution in [0.1, 0.15) is 38.2 Å². The molecule has 1 aromatic carbocycles. The van der Waals surface area contributed by atoms with Crippen molar-refractivity contribution in [1.29, 1.82) is 0 Å². The van der Waals surface area contributed by atoms with Gasteiger partial charge in [-0.25, -0.2) is 0 Å². The first-order valence-electron chi connectivity index (χ1n) is 10.5. The lowest BCUT2D eigenvalue weighted by molar-refractivity contribution is -0.129. The highest BCUT2D eigenvalue weighted by molar-refractivity contribution is 7.99. The molecule has 0 atom stereocenters. The maximum Gasteiger partial charge on any atom is 0.233 e. The molecule has 0 N–H and O–H groups in total. The third-order valence-electron chi connectivity index (χ3n) is 5.89. The Morgan fingerprint density at radius 3 is 2.60 bits per heavy atom. The molecule has 1 amide bonds. The number of hydrogen-bond acceptors (Lipinski definition) is 5. The van der Waals surface area contributed by atoms with Crippen LogP contribution < -0.4 is 0 Å². The molecule has 0 saturated heterocycles. The first kappa shape index (κ1) is 20.7. The highest BCUT2D eigenvalue weighted by Gasteiger charge is 2.25. The van der Waals surface area contributed by atoms with Crippen molar-refractivity contribution in [2.75, 3.05) is 12.8 Å². The van der Waals surface area contributed by atoms with Crippen molar-refractivity contribution < 1.29 is 9.21 Å². The number of benzene rings is 1. The van der Waals surface area contributed by atoms with Crippen LogP contribution in [0.5, 0.6) is 0 Å². The van der Waals surface area contributed by atoms with E-state index >= 15 is 0 Å². The Morgan fingerprint density at radius 1 is 1.13 bits per heavy atom. The van der Waals surface area contributed by atoms with Crippen LogP contribution in [0.25, 0.3) is 11.6 Å². The number of amides is 1. The molecule has 30 heavy (non-hydrogen) atoms. The summed E-state index contributed by atoms with van der Waals surface area (Å²) in [4.78, 5) is 14.8. The minimum atomic E-state index is 0.147. The molecule has 0 spiro atoms. The molecular formula is C23H28N4O2S. The van der Waals surface area contributed by atoms with Crippen molar-refractivity contribution in [3.63, 3.8) is 0 Å². The Hall–Kier alpha value is -2.54. The van der Waals surface area contributed by atoms with Gasteiger partial charge in [0.05, 0.1) is 18.6 Å². The van der Waals surface area contributed by atoms with Crippen LogP contribution in [0.15, 0.2) is 58.3 Å². The normalized spacial score (nSPS) is 19.0. The largest absolute Gasteiger partial charge is 0.461 e. The van der Waals surface area contributed by atoms with Gasteiger partial charge in [-0.05, 0) is 49.3 Å². The Labute approximate surface area is 181 Å². The maximum atomic E-state index is 12.8. The quantitative estimate of drug-likeness (QED) is 0.514. The summed E-state index contributed by atoms with van der Waals surface area (Å²) >= 11 is 1.44. The Morgan fingerprint density at radius 2 is 1.90 bits per heavy atom. The fourth-order valence-corrected chi connectivity index (χ4v) is 4.82. The predicted octanol–water partition coefficient (Wildman–Crippen LogP) is 4.72. The van der Waals surface area contributed by atoms with Gasteiger partial charge in [-0.2, -0.15) is 0 Å². The Balaban J connectivity index is 1.47. The molecule has 2 aromatic heterocycles. The predicted molar refractivity (Wildman–Crippen MR) is 118 cm³/mol. The summed E-state index contributed by atoms with van der Waals surface area (Å²) in [5.74, 6) is 2.62. The van der Waals surface area contributed by atoms with Crippen molar-refractivity contribution in [1.82, 2.24) is 19.7 Å². The zero-order chi connectivity index (χ0) is 20.9.